The molecule has 0 aliphatic heterocycles. The van der Waals surface area contributed by atoms with Gasteiger partial charge in [0.25, 0.3) is 0 Å². The lowest BCUT2D eigenvalue weighted by molar-refractivity contribution is 0.624. The van der Waals surface area contributed by atoms with E-state index in [0.29, 0.717) is 11.6 Å². The van der Waals surface area contributed by atoms with Crippen LogP contribution >= 0.6 is 11.3 Å². The molecule has 0 radical (unpaired) electrons. The molecular weight excluding hydrogens is 247 g/mol. The second-order valence-electron chi connectivity index (χ2n) is 4.49. The molecule has 1 aromatic heterocycles. The van der Waals surface area contributed by atoms with Crippen molar-refractivity contribution >= 4 is 16.5 Å². The van der Waals surface area contributed by atoms with Crippen LogP contribution in [0.25, 0.3) is 0 Å². The van der Waals surface area contributed by atoms with Crippen LogP contribution in [-0.2, 0) is 12.8 Å². The summed E-state index contributed by atoms with van der Waals surface area (Å²) in [6.45, 7) is 4.02. The van der Waals surface area contributed by atoms with Crippen LogP contribution in [0.3, 0.4) is 0 Å². The number of rotatable bonds is 4. The quantitative estimate of drug-likeness (QED) is 0.914. The Hall–Kier alpha value is -1.42. The average molecular weight is 264 g/mol. The standard InChI is InChI=1S/C14H17FN2S/c1-3-4-12-13(18-14(16)17-12)8-10-5-9(2)6-11(15)7-10/h5-7H,3-4,8H2,1-2H3,(H2,16,17). The molecule has 2 nitrogen and oxygen atoms in total. The number of anilines is 1. The monoisotopic (exact) mass is 264 g/mol. The average Bonchev–Trinajstić information content (AvgIpc) is 2.58. The minimum absolute atomic E-state index is 0.181. The second-order valence-corrected chi connectivity index (χ2v) is 5.60. The molecule has 0 atom stereocenters. The smallest absolute Gasteiger partial charge is 0.180 e. The van der Waals surface area contributed by atoms with Crippen molar-refractivity contribution in [3.8, 4) is 0 Å². The van der Waals surface area contributed by atoms with Gasteiger partial charge >= 0.3 is 0 Å². The van der Waals surface area contributed by atoms with Crippen LogP contribution in [0.15, 0.2) is 18.2 Å². The van der Waals surface area contributed by atoms with E-state index in [1.54, 1.807) is 6.07 Å². The number of hydrogen-bond donors (Lipinski definition) is 1. The Bertz CT molecular complexity index is 528. The number of thiazole rings is 1. The number of nitrogens with zero attached hydrogens (tertiary/aromatic N) is 1. The van der Waals surface area contributed by atoms with E-state index in [1.165, 1.54) is 17.4 Å². The largest absolute Gasteiger partial charge is 0.375 e. The van der Waals surface area contributed by atoms with E-state index < -0.39 is 0 Å². The van der Waals surface area contributed by atoms with Crippen LogP contribution in [0.4, 0.5) is 9.52 Å². The molecule has 0 aliphatic carbocycles. The van der Waals surface area contributed by atoms with Gasteiger partial charge < -0.3 is 5.73 Å². The molecule has 0 spiro atoms. The highest BCUT2D eigenvalue weighted by molar-refractivity contribution is 7.15. The van der Waals surface area contributed by atoms with Gasteiger partial charge in [-0.2, -0.15) is 0 Å². The Morgan fingerprint density at radius 1 is 1.33 bits per heavy atom. The lowest BCUT2D eigenvalue weighted by Gasteiger charge is -2.03. The van der Waals surface area contributed by atoms with E-state index in [-0.39, 0.29) is 5.82 Å². The summed E-state index contributed by atoms with van der Waals surface area (Å²) < 4.78 is 13.3. The Labute approximate surface area is 111 Å². The molecule has 2 aromatic rings. The van der Waals surface area contributed by atoms with Gasteiger partial charge in [0.15, 0.2) is 5.13 Å². The molecule has 18 heavy (non-hydrogen) atoms. The molecule has 0 unspecified atom stereocenters. The van der Waals surface area contributed by atoms with Gasteiger partial charge in [-0.25, -0.2) is 9.37 Å². The van der Waals surface area contributed by atoms with E-state index in [9.17, 15) is 4.39 Å². The number of nitrogens with two attached hydrogens (primary N) is 1. The summed E-state index contributed by atoms with van der Waals surface area (Å²) in [6, 6.07) is 5.13. The van der Waals surface area contributed by atoms with Gasteiger partial charge in [-0.1, -0.05) is 19.4 Å². The van der Waals surface area contributed by atoms with Crippen LogP contribution < -0.4 is 5.73 Å². The summed E-state index contributed by atoms with van der Waals surface area (Å²) in [6.07, 6.45) is 2.68. The van der Waals surface area contributed by atoms with Gasteiger partial charge in [0, 0.05) is 11.3 Å². The third-order valence-electron chi connectivity index (χ3n) is 2.75. The third kappa shape index (κ3) is 3.07. The molecule has 0 aliphatic rings. The van der Waals surface area contributed by atoms with Crippen LogP contribution in [0.2, 0.25) is 0 Å². The maximum absolute atomic E-state index is 13.3. The zero-order chi connectivity index (χ0) is 13.1. The number of nitrogen functional groups attached to an aromatic ring is 1. The van der Waals surface area contributed by atoms with E-state index in [1.807, 2.05) is 13.0 Å². The summed E-state index contributed by atoms with van der Waals surface area (Å²) in [5, 5.41) is 0.599. The maximum atomic E-state index is 13.3. The van der Waals surface area contributed by atoms with Crippen molar-refractivity contribution in [2.24, 2.45) is 0 Å². The summed E-state index contributed by atoms with van der Waals surface area (Å²) in [5.74, 6) is -0.181. The summed E-state index contributed by atoms with van der Waals surface area (Å²) >= 11 is 1.51. The molecule has 0 fully saturated rings. The molecule has 4 heteroatoms. The predicted molar refractivity (Wildman–Crippen MR) is 74.5 cm³/mol. The van der Waals surface area contributed by atoms with Crippen LogP contribution in [0, 0.1) is 12.7 Å². The van der Waals surface area contributed by atoms with Crippen molar-refractivity contribution in [3.63, 3.8) is 0 Å². The first kappa shape index (κ1) is 13.0. The van der Waals surface area contributed by atoms with Crippen LogP contribution in [0.5, 0.6) is 0 Å². The minimum atomic E-state index is -0.181. The number of hydrogen-bond acceptors (Lipinski definition) is 3. The number of aryl methyl sites for hydroxylation is 2. The molecule has 96 valence electrons. The molecule has 0 bridgehead atoms. The van der Waals surface area contributed by atoms with Crippen molar-refractivity contribution in [3.05, 3.63) is 45.7 Å². The van der Waals surface area contributed by atoms with Crippen molar-refractivity contribution in [1.82, 2.24) is 4.98 Å². The predicted octanol–water partition coefficient (Wildman–Crippen LogP) is 3.72. The molecule has 1 heterocycles. The van der Waals surface area contributed by atoms with Gasteiger partial charge in [-0.15, -0.1) is 11.3 Å². The number of aromatic nitrogens is 1. The lowest BCUT2D eigenvalue weighted by Crippen LogP contribution is -1.94. The number of benzene rings is 1. The molecule has 0 amide bonds. The van der Waals surface area contributed by atoms with Gasteiger partial charge in [0.05, 0.1) is 5.69 Å². The van der Waals surface area contributed by atoms with Gasteiger partial charge in [0.2, 0.25) is 0 Å². The molecule has 2 N–H and O–H groups in total. The highest BCUT2D eigenvalue weighted by Gasteiger charge is 2.10. The maximum Gasteiger partial charge on any atom is 0.180 e. The Kier molecular flexibility index (Phi) is 3.97. The molecule has 0 saturated carbocycles. The summed E-state index contributed by atoms with van der Waals surface area (Å²) in [7, 11) is 0. The van der Waals surface area contributed by atoms with Crippen molar-refractivity contribution < 1.29 is 4.39 Å². The molecular formula is C14H17FN2S. The third-order valence-corrected chi connectivity index (χ3v) is 3.67. The molecule has 2 rings (SSSR count). The fraction of sp³-hybridized carbons (Fsp3) is 0.357. The highest BCUT2D eigenvalue weighted by atomic mass is 32.1. The summed E-state index contributed by atoms with van der Waals surface area (Å²) in [4.78, 5) is 5.50. The van der Waals surface area contributed by atoms with Crippen LogP contribution in [-0.4, -0.2) is 4.98 Å². The first-order valence-corrected chi connectivity index (χ1v) is 6.90. The zero-order valence-electron chi connectivity index (χ0n) is 10.7. The first-order chi connectivity index (χ1) is 8.58. The fourth-order valence-corrected chi connectivity index (χ4v) is 2.99. The fourth-order valence-electron chi connectivity index (χ4n) is 2.07. The molecule has 0 saturated heterocycles. The second kappa shape index (κ2) is 5.48. The molecule has 1 aromatic carbocycles. The highest BCUT2D eigenvalue weighted by Crippen LogP contribution is 2.25. The Morgan fingerprint density at radius 2 is 2.11 bits per heavy atom. The first-order valence-electron chi connectivity index (χ1n) is 6.08. The lowest BCUT2D eigenvalue weighted by atomic mass is 10.1. The van der Waals surface area contributed by atoms with E-state index in [4.69, 9.17) is 5.73 Å². The normalized spacial score (nSPS) is 10.8. The van der Waals surface area contributed by atoms with Crippen LogP contribution in [0.1, 0.15) is 35.0 Å². The zero-order valence-corrected chi connectivity index (χ0v) is 11.5. The van der Waals surface area contributed by atoms with Crippen molar-refractivity contribution in [1.29, 1.82) is 0 Å². The summed E-state index contributed by atoms with van der Waals surface area (Å²) in [5.41, 5.74) is 8.74. The van der Waals surface area contributed by atoms with Gasteiger partial charge in [0.1, 0.15) is 5.82 Å². The minimum Gasteiger partial charge on any atom is -0.375 e. The van der Waals surface area contributed by atoms with Gasteiger partial charge in [-0.3, -0.25) is 0 Å². The van der Waals surface area contributed by atoms with Crippen molar-refractivity contribution in [2.75, 3.05) is 5.73 Å². The Morgan fingerprint density at radius 3 is 2.78 bits per heavy atom. The number of halogens is 1. The Balaban J connectivity index is 2.27. The topological polar surface area (TPSA) is 38.9 Å². The van der Waals surface area contributed by atoms with E-state index in [0.717, 1.165) is 34.5 Å². The van der Waals surface area contributed by atoms with E-state index >= 15 is 0 Å². The van der Waals surface area contributed by atoms with Crippen molar-refractivity contribution in [2.45, 2.75) is 33.1 Å². The SMILES string of the molecule is CCCc1nc(N)sc1Cc1cc(C)cc(F)c1. The van der Waals surface area contributed by atoms with Gasteiger partial charge in [-0.05, 0) is 36.6 Å². The van der Waals surface area contributed by atoms with E-state index in [2.05, 4.69) is 11.9 Å².